The van der Waals surface area contributed by atoms with Crippen molar-refractivity contribution in [2.45, 2.75) is 25.8 Å². The Morgan fingerprint density at radius 2 is 2.06 bits per heavy atom. The summed E-state index contributed by atoms with van der Waals surface area (Å²) in [5, 5.41) is 12.0. The Kier molecular flexibility index (Phi) is 4.06. The lowest BCUT2D eigenvalue weighted by atomic mass is 9.99. The van der Waals surface area contributed by atoms with Crippen LogP contribution in [0.2, 0.25) is 5.02 Å². The monoisotopic (exact) mass is 261 g/mol. The van der Waals surface area contributed by atoms with E-state index in [-0.39, 0.29) is 28.7 Å². The maximum absolute atomic E-state index is 13.9. The van der Waals surface area contributed by atoms with E-state index in [2.05, 4.69) is 5.32 Å². The summed E-state index contributed by atoms with van der Waals surface area (Å²) in [5.41, 5.74) is 10.8. The molecule has 0 saturated heterocycles. The van der Waals surface area contributed by atoms with Gasteiger partial charge in [-0.15, -0.1) is 0 Å². The van der Waals surface area contributed by atoms with E-state index in [4.69, 9.17) is 23.1 Å². The van der Waals surface area contributed by atoms with Crippen LogP contribution in [0.25, 0.3) is 0 Å². The third-order valence-corrected chi connectivity index (χ3v) is 3.21. The van der Waals surface area contributed by atoms with E-state index < -0.39 is 11.4 Å². The van der Waals surface area contributed by atoms with E-state index in [9.17, 15) is 9.50 Å². The molecular weight excluding hydrogens is 245 g/mol. The number of hydrogen-bond donors (Lipinski definition) is 4. The van der Waals surface area contributed by atoms with E-state index in [1.807, 2.05) is 6.92 Å². The molecule has 0 bridgehead atoms. The fourth-order valence-electron chi connectivity index (χ4n) is 1.33. The van der Waals surface area contributed by atoms with Crippen LogP contribution in [-0.2, 0) is 0 Å². The minimum atomic E-state index is -0.697. The van der Waals surface area contributed by atoms with Crippen molar-refractivity contribution in [3.8, 4) is 0 Å². The Hall–Kier alpha value is -1.20. The van der Waals surface area contributed by atoms with Gasteiger partial charge in [0.25, 0.3) is 0 Å². The number of rotatable bonds is 4. The standard InChI is InChI=1S/C11H17ClFN3O/c1-3-11(2,5-17)16-10-7(15)4-6(14)8(12)9(10)13/h4,16-17H,3,5,14-15H2,1-2H3. The number of nitrogens with two attached hydrogens (primary N) is 2. The van der Waals surface area contributed by atoms with E-state index in [1.165, 1.54) is 6.07 Å². The fraction of sp³-hybridized carbons (Fsp3) is 0.455. The highest BCUT2D eigenvalue weighted by atomic mass is 35.5. The molecule has 0 saturated carbocycles. The molecule has 1 unspecified atom stereocenters. The lowest BCUT2D eigenvalue weighted by Gasteiger charge is -2.29. The van der Waals surface area contributed by atoms with E-state index in [0.29, 0.717) is 6.42 Å². The van der Waals surface area contributed by atoms with Crippen LogP contribution in [0.3, 0.4) is 0 Å². The minimum absolute atomic E-state index is 0.0719. The first-order valence-electron chi connectivity index (χ1n) is 5.26. The molecule has 0 aliphatic rings. The van der Waals surface area contributed by atoms with Crippen molar-refractivity contribution in [1.82, 2.24) is 0 Å². The molecule has 96 valence electrons. The molecule has 0 spiro atoms. The zero-order valence-corrected chi connectivity index (χ0v) is 10.6. The molecule has 1 aromatic carbocycles. The molecule has 6 heteroatoms. The molecule has 6 N–H and O–H groups in total. The van der Waals surface area contributed by atoms with Gasteiger partial charge in [-0.25, -0.2) is 4.39 Å². The number of aliphatic hydroxyl groups is 1. The van der Waals surface area contributed by atoms with Crippen LogP contribution in [0.5, 0.6) is 0 Å². The lowest BCUT2D eigenvalue weighted by Crippen LogP contribution is -2.38. The Labute approximate surface area is 105 Å². The third-order valence-electron chi connectivity index (χ3n) is 2.82. The van der Waals surface area contributed by atoms with Crippen LogP contribution in [-0.4, -0.2) is 17.3 Å². The number of benzene rings is 1. The van der Waals surface area contributed by atoms with Crippen molar-refractivity contribution in [3.05, 3.63) is 16.9 Å². The summed E-state index contributed by atoms with van der Waals surface area (Å²) in [6.45, 7) is 3.48. The highest BCUT2D eigenvalue weighted by Crippen LogP contribution is 2.35. The molecule has 4 nitrogen and oxygen atoms in total. The first kappa shape index (κ1) is 13.9. The van der Waals surface area contributed by atoms with E-state index in [0.717, 1.165) is 0 Å². The van der Waals surface area contributed by atoms with Crippen LogP contribution in [0.15, 0.2) is 6.07 Å². The SMILES string of the molecule is CCC(C)(CO)Nc1c(N)cc(N)c(Cl)c1F. The number of hydrogen-bond acceptors (Lipinski definition) is 4. The highest BCUT2D eigenvalue weighted by molar-refractivity contribution is 6.33. The largest absolute Gasteiger partial charge is 0.397 e. The molecule has 0 heterocycles. The fourth-order valence-corrected chi connectivity index (χ4v) is 1.48. The molecule has 0 radical (unpaired) electrons. The first-order chi connectivity index (χ1) is 7.84. The summed E-state index contributed by atoms with van der Waals surface area (Å²) < 4.78 is 13.9. The van der Waals surface area contributed by atoms with E-state index >= 15 is 0 Å². The van der Waals surface area contributed by atoms with Gasteiger partial charge in [0.05, 0.1) is 29.2 Å². The number of anilines is 3. The zero-order chi connectivity index (χ0) is 13.2. The van der Waals surface area contributed by atoms with Crippen molar-refractivity contribution < 1.29 is 9.50 Å². The summed E-state index contributed by atoms with van der Waals surface area (Å²) in [4.78, 5) is 0. The maximum Gasteiger partial charge on any atom is 0.169 e. The second-order valence-electron chi connectivity index (χ2n) is 4.26. The predicted molar refractivity (Wildman–Crippen MR) is 69.6 cm³/mol. The van der Waals surface area contributed by atoms with E-state index in [1.54, 1.807) is 6.92 Å². The van der Waals surface area contributed by atoms with Gasteiger partial charge in [-0.05, 0) is 19.4 Å². The van der Waals surface area contributed by atoms with Gasteiger partial charge in [-0.3, -0.25) is 0 Å². The molecule has 0 fully saturated rings. The Morgan fingerprint density at radius 3 is 2.53 bits per heavy atom. The van der Waals surface area contributed by atoms with Crippen LogP contribution < -0.4 is 16.8 Å². The van der Waals surface area contributed by atoms with Crippen LogP contribution in [0, 0.1) is 5.82 Å². The number of nitrogen functional groups attached to an aromatic ring is 2. The normalized spacial score (nSPS) is 14.4. The van der Waals surface area contributed by atoms with Gasteiger partial charge in [-0.1, -0.05) is 18.5 Å². The van der Waals surface area contributed by atoms with Gasteiger partial charge in [0.15, 0.2) is 5.82 Å². The van der Waals surface area contributed by atoms with Crippen molar-refractivity contribution >= 4 is 28.7 Å². The van der Waals surface area contributed by atoms with Crippen molar-refractivity contribution in [2.75, 3.05) is 23.4 Å². The van der Waals surface area contributed by atoms with Gasteiger partial charge < -0.3 is 21.9 Å². The Bertz CT molecular complexity index is 422. The minimum Gasteiger partial charge on any atom is -0.397 e. The van der Waals surface area contributed by atoms with Gasteiger partial charge in [0.1, 0.15) is 5.02 Å². The second-order valence-corrected chi connectivity index (χ2v) is 4.63. The average molecular weight is 262 g/mol. The molecule has 0 aliphatic heterocycles. The number of aliphatic hydroxyl groups excluding tert-OH is 1. The summed E-state index contributed by atoms with van der Waals surface area (Å²) in [5.74, 6) is -0.697. The van der Waals surface area contributed by atoms with Crippen LogP contribution in [0.1, 0.15) is 20.3 Å². The summed E-state index contributed by atoms with van der Waals surface area (Å²) in [6.07, 6.45) is 0.602. The molecule has 1 atom stereocenters. The van der Waals surface area contributed by atoms with Crippen molar-refractivity contribution in [2.24, 2.45) is 0 Å². The van der Waals surface area contributed by atoms with Crippen molar-refractivity contribution in [3.63, 3.8) is 0 Å². The summed E-state index contributed by atoms with van der Waals surface area (Å²) in [7, 11) is 0. The van der Waals surface area contributed by atoms with Gasteiger partial charge in [-0.2, -0.15) is 0 Å². The topological polar surface area (TPSA) is 84.3 Å². The van der Waals surface area contributed by atoms with Crippen LogP contribution in [0.4, 0.5) is 21.5 Å². The second kappa shape index (κ2) is 4.98. The van der Waals surface area contributed by atoms with Gasteiger partial charge in [0.2, 0.25) is 0 Å². The zero-order valence-electron chi connectivity index (χ0n) is 9.85. The first-order valence-corrected chi connectivity index (χ1v) is 5.64. The summed E-state index contributed by atoms with van der Waals surface area (Å²) in [6, 6.07) is 1.39. The molecular formula is C11H17ClFN3O. The molecule has 0 aliphatic carbocycles. The molecule has 1 rings (SSSR count). The van der Waals surface area contributed by atoms with Crippen LogP contribution >= 0.6 is 11.6 Å². The molecule has 17 heavy (non-hydrogen) atoms. The average Bonchev–Trinajstić information content (AvgIpc) is 2.32. The predicted octanol–water partition coefficient (Wildman–Crippen LogP) is 2.22. The van der Waals surface area contributed by atoms with Gasteiger partial charge >= 0.3 is 0 Å². The van der Waals surface area contributed by atoms with Crippen molar-refractivity contribution in [1.29, 1.82) is 0 Å². The smallest absolute Gasteiger partial charge is 0.169 e. The Balaban J connectivity index is 3.19. The lowest BCUT2D eigenvalue weighted by molar-refractivity contribution is 0.218. The molecule has 0 aromatic heterocycles. The number of nitrogens with one attached hydrogen (secondary N) is 1. The van der Waals surface area contributed by atoms with Gasteiger partial charge in [0, 0.05) is 0 Å². The molecule has 1 aromatic rings. The summed E-state index contributed by atoms with van der Waals surface area (Å²) >= 11 is 5.71. The quantitative estimate of drug-likeness (QED) is 0.626. The molecule has 0 amide bonds. The number of halogens is 2. The Morgan fingerprint density at radius 1 is 1.47 bits per heavy atom. The highest BCUT2D eigenvalue weighted by Gasteiger charge is 2.24. The maximum atomic E-state index is 13.9. The third kappa shape index (κ3) is 2.73.